The summed E-state index contributed by atoms with van der Waals surface area (Å²) in [4.78, 5) is 264. The highest BCUT2D eigenvalue weighted by Crippen LogP contribution is 2.23. The van der Waals surface area contributed by atoms with Gasteiger partial charge in [-0.2, -0.15) is 0 Å². The van der Waals surface area contributed by atoms with Crippen molar-refractivity contribution in [2.45, 2.75) is 273 Å². The van der Waals surface area contributed by atoms with Gasteiger partial charge in [-0.1, -0.05) is 70.5 Å². The van der Waals surface area contributed by atoms with E-state index in [1.807, 2.05) is 0 Å². The van der Waals surface area contributed by atoms with Crippen molar-refractivity contribution in [1.82, 2.24) is 105 Å². The Balaban J connectivity index is 1.37. The van der Waals surface area contributed by atoms with E-state index in [2.05, 4.69) is 100 Å². The molecule has 0 saturated carbocycles. The first-order chi connectivity index (χ1) is 69.5. The van der Waals surface area contributed by atoms with Gasteiger partial charge in [0, 0.05) is 58.1 Å². The number of rotatable bonds is 65. The third-order valence-electron chi connectivity index (χ3n) is 23.7. The van der Waals surface area contributed by atoms with Gasteiger partial charge in [-0.25, -0.2) is 4.98 Å². The Kier molecular flexibility index (Phi) is 51.5. The van der Waals surface area contributed by atoms with E-state index in [4.69, 9.17) is 62.1 Å². The zero-order valence-corrected chi connectivity index (χ0v) is 83.0. The van der Waals surface area contributed by atoms with Crippen LogP contribution in [0.25, 0.3) is 0 Å². The number of phenols is 3. The van der Waals surface area contributed by atoms with Crippen molar-refractivity contribution in [2.75, 3.05) is 39.3 Å². The molecule has 54 nitrogen and oxygen atoms in total. The third kappa shape index (κ3) is 43.5. The smallest absolute Gasteiger partial charge is 0.245 e. The summed E-state index contributed by atoms with van der Waals surface area (Å²) in [6.07, 6.45) is -1.96. The number of phenolic OH excluding ortho intramolecular Hbond substituents is 3. The number of nitrogens with zero attached hydrogens (tertiary/aromatic N) is 2. The normalized spacial score (nSPS) is 15.6. The minimum Gasteiger partial charge on any atom is -0.508 e. The molecule has 1 aliphatic heterocycles. The van der Waals surface area contributed by atoms with Crippen molar-refractivity contribution in [3.63, 3.8) is 0 Å². The number of aliphatic hydroxyl groups excluding tert-OH is 2. The molecule has 1 aliphatic rings. The Hall–Kier alpha value is -15.6. The Morgan fingerprint density at radius 2 is 0.816 bits per heavy atom. The minimum absolute atomic E-state index is 0.00244. The number of aromatic nitrogens is 2. The maximum Gasteiger partial charge on any atom is 0.245 e. The van der Waals surface area contributed by atoms with Crippen LogP contribution in [-0.2, 0) is 112 Å². The lowest BCUT2D eigenvalue weighted by molar-refractivity contribution is -0.141. The number of primary amides is 3. The van der Waals surface area contributed by atoms with Crippen molar-refractivity contribution in [3.8, 4) is 17.2 Å². The van der Waals surface area contributed by atoms with E-state index >= 15 is 4.79 Å². The molecule has 54 heteroatoms. The Morgan fingerprint density at radius 3 is 1.24 bits per heavy atom. The van der Waals surface area contributed by atoms with Crippen LogP contribution >= 0.6 is 0 Å². The van der Waals surface area contributed by atoms with Gasteiger partial charge in [-0.05, 0) is 175 Å². The van der Waals surface area contributed by atoms with E-state index in [0.717, 1.165) is 13.8 Å². The van der Waals surface area contributed by atoms with Crippen LogP contribution in [-0.4, -0.2) is 307 Å². The lowest BCUT2D eigenvalue weighted by Gasteiger charge is -2.31. The molecule has 18 amide bonds. The van der Waals surface area contributed by atoms with Gasteiger partial charge in [-0.3, -0.25) is 103 Å². The summed E-state index contributed by atoms with van der Waals surface area (Å²) >= 11 is 0. The zero-order chi connectivity index (χ0) is 109. The zero-order valence-electron chi connectivity index (χ0n) is 83.0. The number of likely N-dealkylation sites (tertiary alicyclic amines) is 1. The maximum atomic E-state index is 15.0. The number of carbonyl (C=O) groups excluding carboxylic acids is 18. The SMILES string of the molecule is CC[C@H](C)[C@H](NC(=O)[C@H](CC(C)C)NC(=O)[C@H](CC(N)=O)NC(=O)[C@H](C)NC(=O)[C@H](Cc1ccc(O)cc1)NC(=O)[C@H](Cc1c[nH]cn1)NC(=O)[C@H](CCCNC(=N)N)NC(=O)[C@H](CCCCN)NC(=O)[C@H](CO)NC(=O)[C@@H]1CCCN1C(=O)[C@@H](N)Cc1ccc(O)cc1)C(=O)N[C@H](C(=O)N[C@@H](CCCNC(=N)N)C(=O)N[C@@H](CCC(N)=O)C(=O)N[C@@H](CCCNC(=N)N)C(=O)N[C@@H](Cc1ccc(O)cc1)C(N)=O)[C@@H](C)O. The Morgan fingerprint density at radius 1 is 0.435 bits per heavy atom. The number of benzene rings is 3. The molecule has 5 rings (SSSR count). The third-order valence-corrected chi connectivity index (χ3v) is 23.7. The van der Waals surface area contributed by atoms with Gasteiger partial charge in [0.05, 0.1) is 37.2 Å². The van der Waals surface area contributed by atoms with E-state index < -0.39 is 278 Å². The molecule has 18 atom stereocenters. The van der Waals surface area contributed by atoms with Gasteiger partial charge in [0.1, 0.15) is 108 Å². The summed E-state index contributed by atoms with van der Waals surface area (Å²) < 4.78 is 0. The molecule has 1 aromatic heterocycles. The maximum absolute atomic E-state index is 15.0. The molecule has 1 saturated heterocycles. The summed E-state index contributed by atoms with van der Waals surface area (Å²) in [5, 5.41) is 118. The summed E-state index contributed by atoms with van der Waals surface area (Å²) in [5.41, 5.74) is 47.1. The molecule has 147 heavy (non-hydrogen) atoms. The topological polar surface area (TPSA) is 925 Å². The number of guanidine groups is 3. The van der Waals surface area contributed by atoms with Gasteiger partial charge in [0.2, 0.25) is 106 Å². The summed E-state index contributed by atoms with van der Waals surface area (Å²) in [5.74, 6) is -21.5. The number of H-pyrrole nitrogens is 1. The second kappa shape index (κ2) is 62.2. The van der Waals surface area contributed by atoms with E-state index in [9.17, 15) is 107 Å². The number of aliphatic hydroxyl groups is 2. The number of nitrogens with two attached hydrogens (primary N) is 8. The fourth-order valence-electron chi connectivity index (χ4n) is 15.5. The second-order valence-corrected chi connectivity index (χ2v) is 36.3. The quantitative estimate of drug-likeness (QED) is 0.0111. The molecule has 810 valence electrons. The van der Waals surface area contributed by atoms with Gasteiger partial charge < -0.3 is 172 Å². The Bertz CT molecular complexity index is 5120. The molecule has 2 heterocycles. The molecule has 0 aliphatic carbocycles. The first kappa shape index (κ1) is 122. The van der Waals surface area contributed by atoms with Crippen LogP contribution in [0.15, 0.2) is 85.3 Å². The van der Waals surface area contributed by atoms with Gasteiger partial charge in [0.15, 0.2) is 17.9 Å². The molecular weight excluding hydrogens is 1920 g/mol. The minimum atomic E-state index is -1.97. The predicted molar refractivity (Wildman–Crippen MR) is 533 cm³/mol. The molecule has 0 bridgehead atoms. The van der Waals surface area contributed by atoms with Crippen molar-refractivity contribution in [2.24, 2.45) is 57.7 Å². The standard InChI is InChI=1S/C93H145N31O23/c1-7-48(4)73(88(145)123-74(50(6)126)89(146)115-62(17-12-36-108-93(103)104)78(135)114-63(31-32-71(96)130)81(138)112-60(15-10-34-106-91(99)100)79(136)116-64(75(98)132)40-52-21-27-56(128)28-22-52)122-85(142)65(38-47(2)3)118-84(141)68(43-72(97)131)117-76(133)49(5)110-82(139)66(41-53-23-29-57(129)30-24-53)119-83(140)67(42-54-44-105-46-109-54)120-80(137)61(16-11-35-107-92(101)102)111-77(134)59(14-8-9-33-94)113-86(143)69(45-125)121-87(144)70-18-13-37-124(70)90(147)58(95)39-51-19-25-55(127)26-20-51/h19-30,44,46-50,58-70,73-74,125-129H,7-18,31-43,45,94-95H2,1-6H3,(H2,96,130)(H2,97,131)(H2,98,132)(H,105,109)(H,110,139)(H,111,134)(H,112,138)(H,113,143)(H,114,135)(H,115,146)(H,116,136)(H,117,133)(H,118,141)(H,119,140)(H,120,137)(H,121,144)(H,122,142)(H,123,145)(H4,99,100,106)(H4,101,102,107)(H4,103,104,108)/t48-,49-,50+,58-,59-,60-,61-,62-,63-,64-,65-,66-,67-,68-,69-,70-,73-,74-/m0/s1. The number of aromatic amines is 1. The highest BCUT2D eigenvalue weighted by molar-refractivity contribution is 6.02. The second-order valence-electron chi connectivity index (χ2n) is 36.3. The highest BCUT2D eigenvalue weighted by Gasteiger charge is 2.43. The molecule has 0 radical (unpaired) electrons. The number of nitrogens with one attached hydrogen (secondary N) is 21. The average molecular weight is 2070 g/mol. The van der Waals surface area contributed by atoms with Crippen LogP contribution in [0.4, 0.5) is 0 Å². The van der Waals surface area contributed by atoms with E-state index in [0.29, 0.717) is 29.5 Å². The highest BCUT2D eigenvalue weighted by atomic mass is 16.3. The lowest BCUT2D eigenvalue weighted by atomic mass is 9.96. The van der Waals surface area contributed by atoms with E-state index in [1.54, 1.807) is 32.9 Å². The van der Waals surface area contributed by atoms with Crippen LogP contribution < -0.4 is 136 Å². The summed E-state index contributed by atoms with van der Waals surface area (Å²) in [6.45, 7) is 7.89. The van der Waals surface area contributed by atoms with Crippen LogP contribution in [0, 0.1) is 28.1 Å². The number of imidazole rings is 1. The largest absolute Gasteiger partial charge is 0.508 e. The molecule has 1 fully saturated rings. The molecule has 4 aromatic rings. The molecule has 3 aromatic carbocycles. The number of amides is 18. The van der Waals surface area contributed by atoms with Crippen LogP contribution in [0.5, 0.6) is 17.2 Å². The number of carbonyl (C=O) groups is 18. The molecule has 42 N–H and O–H groups in total. The fraction of sp³-hybridized carbons (Fsp3) is 0.548. The van der Waals surface area contributed by atoms with Crippen LogP contribution in [0.1, 0.15) is 167 Å². The number of aromatic hydroxyl groups is 3. The van der Waals surface area contributed by atoms with Crippen molar-refractivity contribution in [3.05, 3.63) is 108 Å². The fourth-order valence-corrected chi connectivity index (χ4v) is 15.5. The van der Waals surface area contributed by atoms with Gasteiger partial charge in [-0.15, -0.1) is 0 Å². The average Bonchev–Trinajstić information content (AvgIpc) is 1.78. The summed E-state index contributed by atoms with van der Waals surface area (Å²) in [7, 11) is 0. The Labute approximate surface area is 848 Å². The first-order valence-corrected chi connectivity index (χ1v) is 48.2. The first-order valence-electron chi connectivity index (χ1n) is 48.2. The van der Waals surface area contributed by atoms with Gasteiger partial charge >= 0.3 is 0 Å². The van der Waals surface area contributed by atoms with E-state index in [-0.39, 0.29) is 139 Å². The molecular formula is C93H145N31O23. The summed E-state index contributed by atoms with van der Waals surface area (Å²) in [6, 6.07) is -8.57. The number of hydrogen-bond acceptors (Lipinski definition) is 29. The molecule has 0 unspecified atom stereocenters. The number of unbranched alkanes of at least 4 members (excludes halogenated alkanes) is 1. The molecule has 0 spiro atoms. The van der Waals surface area contributed by atoms with Crippen molar-refractivity contribution < 1.29 is 112 Å². The van der Waals surface area contributed by atoms with Crippen molar-refractivity contribution >= 4 is 124 Å². The monoisotopic (exact) mass is 2060 g/mol. The van der Waals surface area contributed by atoms with E-state index in [1.165, 1.54) is 85.0 Å². The lowest BCUT2D eigenvalue weighted by Crippen LogP contribution is -2.63. The van der Waals surface area contributed by atoms with Crippen molar-refractivity contribution in [1.29, 1.82) is 16.2 Å². The predicted octanol–water partition coefficient (Wildman–Crippen LogP) is -9.07. The van der Waals surface area contributed by atoms with Crippen LogP contribution in [0.2, 0.25) is 0 Å². The van der Waals surface area contributed by atoms with Gasteiger partial charge in [0.25, 0.3) is 0 Å². The number of hydrogen-bond donors (Lipinski definition) is 34. The van der Waals surface area contributed by atoms with Crippen LogP contribution in [0.3, 0.4) is 0 Å².